The van der Waals surface area contributed by atoms with Crippen molar-refractivity contribution in [3.63, 3.8) is 0 Å². The molecule has 2 heterocycles. The molecule has 1 saturated heterocycles. The van der Waals surface area contributed by atoms with Gasteiger partial charge >= 0.3 is 0 Å². The SMILES string of the molecule is CC(C)(C)NCc1ccc2c(c1)OCC[C@H]2NC(=O)C[C@@H]1CCCN1S(=O)(=O)c1ccc(Cl)cc1Cl. The quantitative estimate of drug-likeness (QED) is 0.500. The largest absolute Gasteiger partial charge is 0.493 e. The van der Waals surface area contributed by atoms with Crippen molar-refractivity contribution >= 4 is 39.1 Å². The van der Waals surface area contributed by atoms with Crippen molar-refractivity contribution in [3.05, 3.63) is 57.6 Å². The van der Waals surface area contributed by atoms with Gasteiger partial charge in [0.25, 0.3) is 0 Å². The Labute approximate surface area is 223 Å². The van der Waals surface area contributed by atoms with E-state index in [0.29, 0.717) is 37.4 Å². The zero-order valence-electron chi connectivity index (χ0n) is 20.8. The predicted octanol–water partition coefficient (Wildman–Crippen LogP) is 5.06. The molecular formula is C26H33Cl2N3O4S. The van der Waals surface area contributed by atoms with E-state index in [-0.39, 0.29) is 33.8 Å². The third kappa shape index (κ3) is 6.34. The number of carbonyl (C=O) groups is 1. The molecule has 2 aromatic carbocycles. The van der Waals surface area contributed by atoms with Crippen molar-refractivity contribution in [1.82, 2.24) is 14.9 Å². The highest BCUT2D eigenvalue weighted by Gasteiger charge is 2.38. The first-order valence-corrected chi connectivity index (χ1v) is 14.4. The minimum atomic E-state index is -3.85. The van der Waals surface area contributed by atoms with E-state index in [1.807, 2.05) is 18.2 Å². The number of carbonyl (C=O) groups excluding carboxylic acids is 1. The summed E-state index contributed by atoms with van der Waals surface area (Å²) in [4.78, 5) is 13.1. The average molecular weight is 555 g/mol. The Kier molecular flexibility index (Phi) is 8.22. The predicted molar refractivity (Wildman–Crippen MR) is 142 cm³/mol. The molecule has 2 N–H and O–H groups in total. The number of halogens is 2. The molecule has 0 radical (unpaired) electrons. The lowest BCUT2D eigenvalue weighted by Gasteiger charge is -2.29. The van der Waals surface area contributed by atoms with Gasteiger partial charge < -0.3 is 15.4 Å². The maximum atomic E-state index is 13.3. The Balaban J connectivity index is 1.43. The number of ether oxygens (including phenoxy) is 1. The zero-order chi connectivity index (χ0) is 26.1. The highest BCUT2D eigenvalue weighted by Crippen LogP contribution is 2.35. The van der Waals surface area contributed by atoms with Crippen LogP contribution < -0.4 is 15.4 Å². The zero-order valence-corrected chi connectivity index (χ0v) is 23.1. The molecule has 2 atom stereocenters. The van der Waals surface area contributed by atoms with Gasteiger partial charge in [-0.1, -0.05) is 35.3 Å². The molecule has 7 nitrogen and oxygen atoms in total. The van der Waals surface area contributed by atoms with Crippen LogP contribution in [0.25, 0.3) is 0 Å². The third-order valence-electron chi connectivity index (χ3n) is 6.50. The number of hydrogen-bond acceptors (Lipinski definition) is 5. The van der Waals surface area contributed by atoms with Gasteiger partial charge in [-0.2, -0.15) is 4.31 Å². The van der Waals surface area contributed by atoms with E-state index in [1.54, 1.807) is 0 Å². The average Bonchev–Trinajstić information content (AvgIpc) is 3.26. The lowest BCUT2D eigenvalue weighted by atomic mass is 9.98. The van der Waals surface area contributed by atoms with Gasteiger partial charge in [-0.25, -0.2) is 8.42 Å². The molecule has 0 unspecified atom stereocenters. The summed E-state index contributed by atoms with van der Waals surface area (Å²) >= 11 is 12.1. The van der Waals surface area contributed by atoms with Crippen LogP contribution in [-0.2, 0) is 21.4 Å². The first-order valence-electron chi connectivity index (χ1n) is 12.2. The number of amides is 1. The fourth-order valence-corrected chi connectivity index (χ4v) is 7.11. The van der Waals surface area contributed by atoms with E-state index in [4.69, 9.17) is 27.9 Å². The molecule has 0 aromatic heterocycles. The van der Waals surface area contributed by atoms with Gasteiger partial charge in [-0.05, 0) is 63.4 Å². The molecule has 1 amide bonds. The summed E-state index contributed by atoms with van der Waals surface area (Å²) in [5.41, 5.74) is 2.06. The van der Waals surface area contributed by atoms with Crippen LogP contribution in [-0.4, -0.2) is 43.4 Å². The van der Waals surface area contributed by atoms with Gasteiger partial charge in [-0.3, -0.25) is 4.79 Å². The van der Waals surface area contributed by atoms with Gasteiger partial charge in [0.15, 0.2) is 0 Å². The van der Waals surface area contributed by atoms with Gasteiger partial charge in [0.2, 0.25) is 15.9 Å². The molecule has 1 fully saturated rings. The molecule has 36 heavy (non-hydrogen) atoms. The van der Waals surface area contributed by atoms with Crippen LogP contribution >= 0.6 is 23.2 Å². The van der Waals surface area contributed by atoms with E-state index in [1.165, 1.54) is 22.5 Å². The first-order chi connectivity index (χ1) is 16.9. The van der Waals surface area contributed by atoms with Crippen LogP contribution in [0.2, 0.25) is 10.0 Å². The summed E-state index contributed by atoms with van der Waals surface area (Å²) < 4.78 is 33.9. The second kappa shape index (κ2) is 10.9. The van der Waals surface area contributed by atoms with Crippen LogP contribution in [0.5, 0.6) is 5.75 Å². The van der Waals surface area contributed by atoms with E-state index < -0.39 is 16.1 Å². The highest BCUT2D eigenvalue weighted by molar-refractivity contribution is 7.89. The van der Waals surface area contributed by atoms with E-state index in [2.05, 4.69) is 31.4 Å². The number of fused-ring (bicyclic) bond motifs is 1. The summed E-state index contributed by atoms with van der Waals surface area (Å²) in [6.07, 6.45) is 2.05. The van der Waals surface area contributed by atoms with Crippen molar-refractivity contribution in [1.29, 1.82) is 0 Å². The smallest absolute Gasteiger partial charge is 0.244 e. The summed E-state index contributed by atoms with van der Waals surface area (Å²) in [5.74, 6) is 0.600. The van der Waals surface area contributed by atoms with Gasteiger partial charge in [0.05, 0.1) is 17.7 Å². The van der Waals surface area contributed by atoms with Gasteiger partial charge in [0.1, 0.15) is 10.6 Å². The van der Waals surface area contributed by atoms with E-state index in [9.17, 15) is 13.2 Å². The Bertz CT molecular complexity index is 1230. The number of sulfonamides is 1. The number of rotatable bonds is 7. The summed E-state index contributed by atoms with van der Waals surface area (Å²) in [6.45, 7) is 7.94. The van der Waals surface area contributed by atoms with Crippen LogP contribution in [0.15, 0.2) is 41.3 Å². The molecule has 2 aliphatic heterocycles. The lowest BCUT2D eigenvalue weighted by Crippen LogP contribution is -2.40. The standard InChI is InChI=1S/C26H33Cl2N3O4S/c1-26(2,3)29-16-17-6-8-20-22(10-12-35-23(20)13-17)30-25(32)15-19-5-4-11-31(19)36(33,34)24-9-7-18(27)14-21(24)28/h6-9,13-14,19,22,29H,4-5,10-12,15-16H2,1-3H3,(H,30,32)/t19-,22+/m0/s1. The molecule has 2 aliphatic rings. The van der Waals surface area contributed by atoms with Crippen molar-refractivity contribution in [2.45, 2.75) is 75.5 Å². The van der Waals surface area contributed by atoms with Crippen molar-refractivity contribution < 1.29 is 17.9 Å². The van der Waals surface area contributed by atoms with Crippen molar-refractivity contribution in [2.75, 3.05) is 13.2 Å². The van der Waals surface area contributed by atoms with Gasteiger partial charge in [0, 0.05) is 48.1 Å². The normalized spacial score (nSPS) is 20.6. The van der Waals surface area contributed by atoms with Crippen LogP contribution in [0, 0.1) is 0 Å². The van der Waals surface area contributed by atoms with Crippen LogP contribution in [0.3, 0.4) is 0 Å². The molecule has 0 aliphatic carbocycles. The minimum Gasteiger partial charge on any atom is -0.493 e. The highest BCUT2D eigenvalue weighted by atomic mass is 35.5. The second-order valence-electron chi connectivity index (χ2n) is 10.4. The molecule has 10 heteroatoms. The summed E-state index contributed by atoms with van der Waals surface area (Å²) in [7, 11) is -3.85. The van der Waals surface area contributed by atoms with Crippen molar-refractivity contribution in [3.8, 4) is 5.75 Å². The fourth-order valence-electron chi connectivity index (χ4n) is 4.67. The molecular weight excluding hydrogens is 521 g/mol. The van der Waals surface area contributed by atoms with Gasteiger partial charge in [-0.15, -0.1) is 0 Å². The maximum Gasteiger partial charge on any atom is 0.244 e. The first kappa shape index (κ1) is 27.2. The topological polar surface area (TPSA) is 87.7 Å². The molecule has 0 bridgehead atoms. The summed E-state index contributed by atoms with van der Waals surface area (Å²) in [6, 6.07) is 9.81. The fraction of sp³-hybridized carbons (Fsp3) is 0.500. The molecule has 0 spiro atoms. The second-order valence-corrected chi connectivity index (χ2v) is 13.1. The van der Waals surface area contributed by atoms with Crippen LogP contribution in [0.1, 0.15) is 63.6 Å². The Morgan fingerprint density at radius 1 is 1.14 bits per heavy atom. The lowest BCUT2D eigenvalue weighted by molar-refractivity contribution is -0.122. The number of hydrogen-bond donors (Lipinski definition) is 2. The Morgan fingerprint density at radius 2 is 1.92 bits per heavy atom. The number of benzene rings is 2. The number of nitrogens with zero attached hydrogens (tertiary/aromatic N) is 1. The maximum absolute atomic E-state index is 13.3. The molecule has 196 valence electrons. The van der Waals surface area contributed by atoms with E-state index >= 15 is 0 Å². The minimum absolute atomic E-state index is 0.00770. The molecule has 0 saturated carbocycles. The third-order valence-corrected chi connectivity index (χ3v) is 9.17. The molecule has 4 rings (SSSR count). The molecule has 2 aromatic rings. The van der Waals surface area contributed by atoms with Crippen molar-refractivity contribution in [2.24, 2.45) is 0 Å². The van der Waals surface area contributed by atoms with Crippen LogP contribution in [0.4, 0.5) is 0 Å². The number of nitrogens with one attached hydrogen (secondary N) is 2. The monoisotopic (exact) mass is 553 g/mol. The van der Waals surface area contributed by atoms with E-state index in [0.717, 1.165) is 23.4 Å². The Morgan fingerprint density at radius 3 is 2.64 bits per heavy atom. The summed E-state index contributed by atoms with van der Waals surface area (Å²) in [5, 5.41) is 7.02. The Hall–Kier alpha value is -1.84.